The van der Waals surface area contributed by atoms with Gasteiger partial charge >= 0.3 is 5.97 Å². The van der Waals surface area contributed by atoms with Crippen LogP contribution in [-0.2, 0) is 4.74 Å². The topological polar surface area (TPSA) is 35.5 Å². The van der Waals surface area contributed by atoms with Crippen molar-refractivity contribution < 1.29 is 14.3 Å². The van der Waals surface area contributed by atoms with Crippen LogP contribution in [0.5, 0.6) is 5.75 Å². The maximum Gasteiger partial charge on any atom is 0.341 e. The molecule has 0 heterocycles. The number of esters is 1. The number of benzene rings is 1. The number of hydrogen-bond acceptors (Lipinski definition) is 4. The average Bonchev–Trinajstić information content (AvgIpc) is 2.37. The SMILES string of the molecule is CCOC(=O)c1ccccc1OCC(C)(C)CS. The van der Waals surface area contributed by atoms with Gasteiger partial charge in [0.2, 0.25) is 0 Å². The average molecular weight is 268 g/mol. The van der Waals surface area contributed by atoms with E-state index in [2.05, 4.69) is 26.5 Å². The lowest BCUT2D eigenvalue weighted by molar-refractivity contribution is 0.0519. The van der Waals surface area contributed by atoms with E-state index in [9.17, 15) is 4.79 Å². The fourth-order valence-electron chi connectivity index (χ4n) is 1.29. The van der Waals surface area contributed by atoms with Gasteiger partial charge in [-0.2, -0.15) is 12.6 Å². The Kier molecular flexibility index (Phi) is 5.54. The fourth-order valence-corrected chi connectivity index (χ4v) is 1.38. The first-order valence-corrected chi connectivity index (χ1v) is 6.63. The molecule has 18 heavy (non-hydrogen) atoms. The Bertz CT molecular complexity index is 402. The van der Waals surface area contributed by atoms with E-state index in [4.69, 9.17) is 9.47 Å². The van der Waals surface area contributed by atoms with Crippen molar-refractivity contribution in [3.63, 3.8) is 0 Å². The highest BCUT2D eigenvalue weighted by atomic mass is 32.1. The van der Waals surface area contributed by atoms with Crippen LogP contribution in [0.4, 0.5) is 0 Å². The molecule has 1 aromatic carbocycles. The Labute approximate surface area is 114 Å². The van der Waals surface area contributed by atoms with Crippen LogP contribution in [0.2, 0.25) is 0 Å². The van der Waals surface area contributed by atoms with E-state index in [1.54, 1.807) is 25.1 Å². The number of para-hydroxylation sites is 1. The molecule has 0 fully saturated rings. The summed E-state index contributed by atoms with van der Waals surface area (Å²) < 4.78 is 10.7. The van der Waals surface area contributed by atoms with E-state index in [0.29, 0.717) is 30.3 Å². The molecule has 0 amide bonds. The monoisotopic (exact) mass is 268 g/mol. The van der Waals surface area contributed by atoms with Crippen molar-refractivity contribution in [3.8, 4) is 5.75 Å². The Morgan fingerprint density at radius 1 is 1.33 bits per heavy atom. The molecule has 1 rings (SSSR count). The van der Waals surface area contributed by atoms with Crippen LogP contribution in [0.1, 0.15) is 31.1 Å². The lowest BCUT2D eigenvalue weighted by Gasteiger charge is -2.22. The van der Waals surface area contributed by atoms with E-state index >= 15 is 0 Å². The van der Waals surface area contributed by atoms with Gasteiger partial charge in [-0.05, 0) is 24.8 Å². The third-order valence-corrected chi connectivity index (χ3v) is 3.28. The van der Waals surface area contributed by atoms with Gasteiger partial charge in [-0.1, -0.05) is 26.0 Å². The Balaban J connectivity index is 2.79. The minimum Gasteiger partial charge on any atom is -0.492 e. The van der Waals surface area contributed by atoms with E-state index in [-0.39, 0.29) is 11.4 Å². The van der Waals surface area contributed by atoms with Gasteiger partial charge in [0.05, 0.1) is 13.2 Å². The minimum atomic E-state index is -0.350. The van der Waals surface area contributed by atoms with Gasteiger partial charge in [0.1, 0.15) is 11.3 Å². The van der Waals surface area contributed by atoms with Crippen LogP contribution in [-0.4, -0.2) is 24.9 Å². The highest BCUT2D eigenvalue weighted by Crippen LogP contribution is 2.23. The zero-order chi connectivity index (χ0) is 13.6. The van der Waals surface area contributed by atoms with Crippen molar-refractivity contribution in [1.29, 1.82) is 0 Å². The van der Waals surface area contributed by atoms with Gasteiger partial charge in [0.15, 0.2) is 0 Å². The molecular weight excluding hydrogens is 248 g/mol. The predicted molar refractivity (Wildman–Crippen MR) is 75.5 cm³/mol. The highest BCUT2D eigenvalue weighted by Gasteiger charge is 2.19. The largest absolute Gasteiger partial charge is 0.492 e. The summed E-state index contributed by atoms with van der Waals surface area (Å²) in [4.78, 5) is 11.7. The van der Waals surface area contributed by atoms with E-state index in [1.807, 2.05) is 6.07 Å². The fraction of sp³-hybridized carbons (Fsp3) is 0.500. The molecule has 3 nitrogen and oxygen atoms in total. The van der Waals surface area contributed by atoms with Crippen molar-refractivity contribution in [2.45, 2.75) is 20.8 Å². The van der Waals surface area contributed by atoms with E-state index in [1.165, 1.54) is 0 Å². The zero-order valence-electron chi connectivity index (χ0n) is 11.1. The summed E-state index contributed by atoms with van der Waals surface area (Å²) in [5.41, 5.74) is 0.430. The van der Waals surface area contributed by atoms with Crippen LogP contribution in [0.25, 0.3) is 0 Å². The summed E-state index contributed by atoms with van der Waals surface area (Å²) in [5, 5.41) is 0. The molecule has 0 aliphatic rings. The Hall–Kier alpha value is -1.16. The first-order chi connectivity index (χ1) is 8.50. The molecule has 0 aromatic heterocycles. The molecule has 4 heteroatoms. The van der Waals surface area contributed by atoms with Crippen LogP contribution in [0.15, 0.2) is 24.3 Å². The molecule has 0 bridgehead atoms. The van der Waals surface area contributed by atoms with Crippen LogP contribution in [0.3, 0.4) is 0 Å². The third kappa shape index (κ3) is 4.26. The first kappa shape index (κ1) is 14.9. The van der Waals surface area contributed by atoms with Crippen molar-refractivity contribution >= 4 is 18.6 Å². The molecule has 0 unspecified atom stereocenters. The van der Waals surface area contributed by atoms with Gasteiger partial charge in [-0.25, -0.2) is 4.79 Å². The van der Waals surface area contributed by atoms with Gasteiger partial charge < -0.3 is 9.47 Å². The second kappa shape index (κ2) is 6.69. The summed E-state index contributed by atoms with van der Waals surface area (Å²) in [7, 11) is 0. The Morgan fingerprint density at radius 3 is 2.61 bits per heavy atom. The van der Waals surface area contributed by atoms with Gasteiger partial charge in [-0.15, -0.1) is 0 Å². The van der Waals surface area contributed by atoms with Crippen LogP contribution >= 0.6 is 12.6 Å². The molecule has 0 atom stereocenters. The second-order valence-electron chi connectivity index (χ2n) is 4.83. The normalized spacial score (nSPS) is 11.1. The molecule has 0 radical (unpaired) electrons. The zero-order valence-corrected chi connectivity index (χ0v) is 12.0. The lowest BCUT2D eigenvalue weighted by atomic mass is 9.98. The molecule has 0 saturated heterocycles. The maximum absolute atomic E-state index is 11.7. The molecule has 100 valence electrons. The molecule has 0 spiro atoms. The van der Waals surface area contributed by atoms with Crippen LogP contribution < -0.4 is 4.74 Å². The summed E-state index contributed by atoms with van der Waals surface area (Å²) in [6, 6.07) is 7.12. The summed E-state index contributed by atoms with van der Waals surface area (Å²) in [5.74, 6) is 0.928. The number of hydrogen-bond donors (Lipinski definition) is 1. The second-order valence-corrected chi connectivity index (χ2v) is 5.14. The highest BCUT2D eigenvalue weighted by molar-refractivity contribution is 7.80. The number of rotatable bonds is 6. The van der Waals surface area contributed by atoms with Crippen molar-refractivity contribution in [3.05, 3.63) is 29.8 Å². The van der Waals surface area contributed by atoms with Crippen molar-refractivity contribution in [2.75, 3.05) is 19.0 Å². The lowest BCUT2D eigenvalue weighted by Crippen LogP contribution is -2.23. The van der Waals surface area contributed by atoms with E-state index < -0.39 is 0 Å². The molecule has 0 saturated carbocycles. The molecule has 0 aliphatic heterocycles. The van der Waals surface area contributed by atoms with E-state index in [0.717, 1.165) is 0 Å². The summed E-state index contributed by atoms with van der Waals surface area (Å²) in [6.45, 7) is 6.77. The van der Waals surface area contributed by atoms with Gasteiger partial charge in [-0.3, -0.25) is 0 Å². The molecule has 0 N–H and O–H groups in total. The van der Waals surface area contributed by atoms with Crippen molar-refractivity contribution in [2.24, 2.45) is 5.41 Å². The summed E-state index contributed by atoms with van der Waals surface area (Å²) in [6.07, 6.45) is 0. The first-order valence-electron chi connectivity index (χ1n) is 6.00. The van der Waals surface area contributed by atoms with Crippen LogP contribution in [0, 0.1) is 5.41 Å². The van der Waals surface area contributed by atoms with Gasteiger partial charge in [0.25, 0.3) is 0 Å². The minimum absolute atomic E-state index is 0.0368. The Morgan fingerprint density at radius 2 is 2.00 bits per heavy atom. The summed E-state index contributed by atoms with van der Waals surface area (Å²) >= 11 is 4.28. The molecule has 0 aliphatic carbocycles. The number of carbonyl (C=O) groups is 1. The third-order valence-electron chi connectivity index (χ3n) is 2.43. The standard InChI is InChI=1S/C14H20O3S/c1-4-16-13(15)11-7-5-6-8-12(11)17-9-14(2,3)10-18/h5-8,18H,4,9-10H2,1-3H3. The maximum atomic E-state index is 11.7. The predicted octanol–water partition coefficient (Wildman–Crippen LogP) is 3.20. The molecule has 1 aromatic rings. The van der Waals surface area contributed by atoms with Crippen molar-refractivity contribution in [1.82, 2.24) is 0 Å². The van der Waals surface area contributed by atoms with Gasteiger partial charge in [0, 0.05) is 5.41 Å². The number of carbonyl (C=O) groups excluding carboxylic acids is 1. The molecular formula is C14H20O3S. The number of thiol groups is 1. The quantitative estimate of drug-likeness (QED) is 0.635. The smallest absolute Gasteiger partial charge is 0.341 e. The number of ether oxygens (including phenoxy) is 2.